The molecule has 0 spiro atoms. The number of carbonyl (C=O) groups excluding carboxylic acids is 2. The van der Waals surface area contributed by atoms with E-state index in [0.717, 1.165) is 29.2 Å². The van der Waals surface area contributed by atoms with E-state index in [1.807, 2.05) is 24.3 Å². The molecule has 0 saturated carbocycles. The van der Waals surface area contributed by atoms with Crippen LogP contribution in [0.2, 0.25) is 0 Å². The minimum absolute atomic E-state index is 0.303. The summed E-state index contributed by atoms with van der Waals surface area (Å²) in [6.07, 6.45) is 1.69. The number of amides is 3. The molecule has 1 saturated heterocycles. The van der Waals surface area contributed by atoms with E-state index in [1.54, 1.807) is 6.08 Å². The topological polar surface area (TPSA) is 52.7 Å². The Labute approximate surface area is 118 Å². The van der Waals surface area contributed by atoms with Crippen molar-refractivity contribution >= 4 is 23.7 Å². The van der Waals surface area contributed by atoms with Gasteiger partial charge < -0.3 is 10.2 Å². The van der Waals surface area contributed by atoms with E-state index in [-0.39, 0.29) is 11.9 Å². The number of likely N-dealkylation sites (N-methyl/N-ethyl adjacent to an activating group) is 1. The van der Waals surface area contributed by atoms with Gasteiger partial charge in [-0.05, 0) is 37.6 Å². The quantitative estimate of drug-likeness (QED) is 0.675. The van der Waals surface area contributed by atoms with Crippen molar-refractivity contribution in [3.8, 4) is 0 Å². The lowest BCUT2D eigenvalue weighted by Crippen LogP contribution is -2.25. The summed E-state index contributed by atoms with van der Waals surface area (Å²) >= 11 is 0. The fourth-order valence-corrected chi connectivity index (χ4v) is 2.16. The molecule has 20 heavy (non-hydrogen) atoms. The van der Waals surface area contributed by atoms with Gasteiger partial charge in [0.2, 0.25) is 0 Å². The van der Waals surface area contributed by atoms with Crippen LogP contribution in [0.4, 0.5) is 10.5 Å². The molecule has 1 aliphatic rings. The third-order valence-corrected chi connectivity index (χ3v) is 3.41. The first-order valence-electron chi connectivity index (χ1n) is 6.72. The van der Waals surface area contributed by atoms with Crippen LogP contribution in [-0.4, -0.2) is 37.0 Å². The minimum atomic E-state index is -0.388. The van der Waals surface area contributed by atoms with Crippen LogP contribution in [-0.2, 0) is 4.79 Å². The molecule has 5 nitrogen and oxygen atoms in total. The van der Waals surface area contributed by atoms with Crippen molar-refractivity contribution in [3.63, 3.8) is 0 Å². The van der Waals surface area contributed by atoms with E-state index in [9.17, 15) is 9.59 Å². The normalized spacial score (nSPS) is 16.8. The summed E-state index contributed by atoms with van der Waals surface area (Å²) in [5.74, 6) is -0.303. The highest BCUT2D eigenvalue weighted by Crippen LogP contribution is 2.18. The molecule has 1 aromatic carbocycles. The van der Waals surface area contributed by atoms with E-state index in [2.05, 4.69) is 24.1 Å². The molecule has 3 amide bonds. The van der Waals surface area contributed by atoms with Crippen molar-refractivity contribution in [1.29, 1.82) is 0 Å². The molecule has 0 bridgehead atoms. The molecular weight excluding hydrogens is 254 g/mol. The number of urea groups is 1. The maximum absolute atomic E-state index is 11.8. The van der Waals surface area contributed by atoms with Crippen molar-refractivity contribution in [3.05, 3.63) is 35.5 Å². The van der Waals surface area contributed by atoms with Crippen LogP contribution in [0.25, 0.3) is 6.08 Å². The number of imide groups is 1. The average molecular weight is 273 g/mol. The Hall–Kier alpha value is -2.30. The minimum Gasteiger partial charge on any atom is -0.372 e. The van der Waals surface area contributed by atoms with Crippen molar-refractivity contribution in [2.45, 2.75) is 13.8 Å². The number of benzene rings is 1. The van der Waals surface area contributed by atoms with Crippen LogP contribution in [0.1, 0.15) is 19.4 Å². The van der Waals surface area contributed by atoms with E-state index >= 15 is 0 Å². The van der Waals surface area contributed by atoms with Gasteiger partial charge in [0.05, 0.1) is 0 Å². The standard InChI is InChI=1S/C15H19N3O2/c1-4-18(5-2)12-8-6-11(7-9-12)10-13-14(19)17(3)15(20)16-13/h6-10H,4-5H2,1-3H3,(H,16,20)/b13-10+. The van der Waals surface area contributed by atoms with Crippen LogP contribution in [0.5, 0.6) is 0 Å². The lowest BCUT2D eigenvalue weighted by atomic mass is 10.1. The molecule has 0 radical (unpaired) electrons. The maximum atomic E-state index is 11.8. The molecule has 0 aromatic heterocycles. The van der Waals surface area contributed by atoms with Crippen molar-refractivity contribution in [2.24, 2.45) is 0 Å². The summed E-state index contributed by atoms with van der Waals surface area (Å²) < 4.78 is 0. The predicted molar refractivity (Wildman–Crippen MR) is 79.3 cm³/mol. The summed E-state index contributed by atoms with van der Waals surface area (Å²) in [6.45, 7) is 6.14. The maximum Gasteiger partial charge on any atom is 0.328 e. The van der Waals surface area contributed by atoms with E-state index in [0.29, 0.717) is 5.70 Å². The first-order chi connectivity index (χ1) is 9.56. The largest absolute Gasteiger partial charge is 0.372 e. The van der Waals surface area contributed by atoms with Gasteiger partial charge in [-0.1, -0.05) is 12.1 Å². The molecular formula is C15H19N3O2. The summed E-state index contributed by atoms with van der Waals surface area (Å²) in [5, 5.41) is 2.55. The number of nitrogens with one attached hydrogen (secondary N) is 1. The van der Waals surface area contributed by atoms with Crippen molar-refractivity contribution < 1.29 is 9.59 Å². The lowest BCUT2D eigenvalue weighted by molar-refractivity contribution is -0.121. The molecule has 1 N–H and O–H groups in total. The first kappa shape index (κ1) is 14.1. The molecule has 1 aliphatic heterocycles. The molecule has 0 aliphatic carbocycles. The van der Waals surface area contributed by atoms with Crippen LogP contribution < -0.4 is 10.2 Å². The first-order valence-corrected chi connectivity index (χ1v) is 6.72. The Kier molecular flexibility index (Phi) is 4.08. The Morgan fingerprint density at radius 2 is 1.75 bits per heavy atom. The molecule has 1 fully saturated rings. The van der Waals surface area contributed by atoms with Gasteiger partial charge in [-0.15, -0.1) is 0 Å². The van der Waals surface area contributed by atoms with Crippen molar-refractivity contribution in [1.82, 2.24) is 10.2 Å². The molecule has 0 atom stereocenters. The Morgan fingerprint density at radius 3 is 2.20 bits per heavy atom. The van der Waals surface area contributed by atoms with Gasteiger partial charge in [0.1, 0.15) is 5.70 Å². The third-order valence-electron chi connectivity index (χ3n) is 3.41. The Morgan fingerprint density at radius 1 is 1.15 bits per heavy atom. The number of rotatable bonds is 4. The van der Waals surface area contributed by atoms with Gasteiger partial charge in [-0.25, -0.2) is 4.79 Å². The number of hydrogen-bond acceptors (Lipinski definition) is 3. The molecule has 1 aromatic rings. The smallest absolute Gasteiger partial charge is 0.328 e. The monoisotopic (exact) mass is 273 g/mol. The highest BCUT2D eigenvalue weighted by molar-refractivity contribution is 6.13. The molecule has 1 heterocycles. The predicted octanol–water partition coefficient (Wildman–Crippen LogP) is 2.06. The Balaban J connectivity index is 2.19. The van der Waals surface area contributed by atoms with Gasteiger partial charge in [-0.3, -0.25) is 9.69 Å². The summed E-state index contributed by atoms with van der Waals surface area (Å²) in [6, 6.07) is 7.53. The molecule has 0 unspecified atom stereocenters. The second-order valence-electron chi connectivity index (χ2n) is 4.62. The zero-order valence-corrected chi connectivity index (χ0v) is 12.0. The highest BCUT2D eigenvalue weighted by Gasteiger charge is 2.29. The summed E-state index contributed by atoms with van der Waals surface area (Å²) in [5.41, 5.74) is 2.35. The number of hydrogen-bond donors (Lipinski definition) is 1. The zero-order chi connectivity index (χ0) is 14.7. The second kappa shape index (κ2) is 5.77. The number of anilines is 1. The van der Waals surface area contributed by atoms with Crippen molar-refractivity contribution in [2.75, 3.05) is 25.0 Å². The van der Waals surface area contributed by atoms with E-state index in [1.165, 1.54) is 7.05 Å². The Bertz CT molecular complexity index is 545. The summed E-state index contributed by atoms with van der Waals surface area (Å²) in [4.78, 5) is 26.4. The number of carbonyl (C=O) groups is 2. The van der Waals surface area contributed by atoms with Crippen LogP contribution in [0, 0.1) is 0 Å². The van der Waals surface area contributed by atoms with Gasteiger partial charge in [0.25, 0.3) is 5.91 Å². The number of nitrogens with zero attached hydrogens (tertiary/aromatic N) is 2. The highest BCUT2D eigenvalue weighted by atomic mass is 16.2. The summed E-state index contributed by atoms with van der Waals surface area (Å²) in [7, 11) is 1.46. The van der Waals surface area contributed by atoms with Crippen LogP contribution >= 0.6 is 0 Å². The molecule has 2 rings (SSSR count). The van der Waals surface area contributed by atoms with E-state index < -0.39 is 0 Å². The fourth-order valence-electron chi connectivity index (χ4n) is 2.16. The van der Waals surface area contributed by atoms with Gasteiger partial charge in [0.15, 0.2) is 0 Å². The lowest BCUT2D eigenvalue weighted by Gasteiger charge is -2.20. The van der Waals surface area contributed by atoms with Crippen LogP contribution in [0.3, 0.4) is 0 Å². The zero-order valence-electron chi connectivity index (χ0n) is 12.0. The average Bonchev–Trinajstić information content (AvgIpc) is 2.69. The van der Waals surface area contributed by atoms with Gasteiger partial charge in [-0.2, -0.15) is 0 Å². The van der Waals surface area contributed by atoms with Gasteiger partial charge >= 0.3 is 6.03 Å². The van der Waals surface area contributed by atoms with E-state index in [4.69, 9.17) is 0 Å². The SMILES string of the molecule is CCN(CC)c1ccc(/C=C2/NC(=O)N(C)C2=O)cc1. The van der Waals surface area contributed by atoms with Gasteiger partial charge in [0, 0.05) is 25.8 Å². The fraction of sp³-hybridized carbons (Fsp3) is 0.333. The molecule has 106 valence electrons. The third kappa shape index (κ3) is 2.66. The molecule has 5 heteroatoms. The van der Waals surface area contributed by atoms with Crippen LogP contribution in [0.15, 0.2) is 30.0 Å². The second-order valence-corrected chi connectivity index (χ2v) is 4.62.